The molecule has 22 heavy (non-hydrogen) atoms. The van der Waals surface area contributed by atoms with Crippen molar-refractivity contribution in [1.29, 1.82) is 0 Å². The van der Waals surface area contributed by atoms with Crippen molar-refractivity contribution in [1.82, 2.24) is 4.90 Å². The maximum Gasteiger partial charge on any atom is 0.268 e. The van der Waals surface area contributed by atoms with Crippen molar-refractivity contribution in [2.45, 2.75) is 11.8 Å². The van der Waals surface area contributed by atoms with Crippen LogP contribution in [0.5, 0.6) is 0 Å². The normalized spacial score (nSPS) is 14.9. The van der Waals surface area contributed by atoms with E-state index in [1.54, 1.807) is 0 Å². The third kappa shape index (κ3) is 2.57. The zero-order chi connectivity index (χ0) is 15.5. The molecular formula is C18H15NO2S. The third-order valence-electron chi connectivity index (χ3n) is 3.47. The molecule has 110 valence electrons. The van der Waals surface area contributed by atoms with Gasteiger partial charge in [0.15, 0.2) is 0 Å². The summed E-state index contributed by atoms with van der Waals surface area (Å²) in [4.78, 5) is 27.9. The number of likely N-dealkylation sites (N-methyl/N-ethyl adjacent to an activating group) is 1. The lowest BCUT2D eigenvalue weighted by molar-refractivity contribution is -0.136. The van der Waals surface area contributed by atoms with Crippen LogP contribution in [0.2, 0.25) is 0 Å². The van der Waals surface area contributed by atoms with E-state index in [1.165, 1.54) is 16.7 Å². The van der Waals surface area contributed by atoms with Crippen LogP contribution >= 0.6 is 11.8 Å². The summed E-state index contributed by atoms with van der Waals surface area (Å²) < 4.78 is 0. The summed E-state index contributed by atoms with van der Waals surface area (Å²) in [5, 5.41) is 0. The van der Waals surface area contributed by atoms with Gasteiger partial charge >= 0.3 is 0 Å². The van der Waals surface area contributed by atoms with Crippen molar-refractivity contribution in [2.24, 2.45) is 0 Å². The summed E-state index contributed by atoms with van der Waals surface area (Å²) in [6, 6.07) is 19.0. The monoisotopic (exact) mass is 309 g/mol. The number of hydrogen-bond acceptors (Lipinski definition) is 3. The minimum absolute atomic E-state index is 0.208. The molecular weight excluding hydrogens is 294 g/mol. The highest BCUT2D eigenvalue weighted by molar-refractivity contribution is 8.04. The Morgan fingerprint density at radius 1 is 0.864 bits per heavy atom. The molecule has 3 nitrogen and oxygen atoms in total. The summed E-state index contributed by atoms with van der Waals surface area (Å²) in [7, 11) is 0. The second-order valence-corrected chi connectivity index (χ2v) is 5.92. The molecule has 0 aliphatic carbocycles. The maximum absolute atomic E-state index is 12.6. The Morgan fingerprint density at radius 3 is 2.05 bits per heavy atom. The summed E-state index contributed by atoms with van der Waals surface area (Å²) in [5.74, 6) is -0.419. The lowest BCUT2D eigenvalue weighted by Crippen LogP contribution is -2.31. The zero-order valence-electron chi connectivity index (χ0n) is 12.2. The van der Waals surface area contributed by atoms with E-state index in [-0.39, 0.29) is 11.8 Å². The number of rotatable bonds is 4. The van der Waals surface area contributed by atoms with Crippen molar-refractivity contribution in [3.63, 3.8) is 0 Å². The number of nitrogens with zero attached hydrogens (tertiary/aromatic N) is 1. The predicted octanol–water partition coefficient (Wildman–Crippen LogP) is 3.58. The maximum atomic E-state index is 12.6. The van der Waals surface area contributed by atoms with Gasteiger partial charge < -0.3 is 0 Å². The van der Waals surface area contributed by atoms with Gasteiger partial charge in [-0.05, 0) is 24.6 Å². The van der Waals surface area contributed by atoms with Gasteiger partial charge in [0.2, 0.25) is 0 Å². The Hall–Kier alpha value is -2.33. The molecule has 0 unspecified atom stereocenters. The highest BCUT2D eigenvalue weighted by Gasteiger charge is 2.38. The molecule has 0 saturated carbocycles. The van der Waals surface area contributed by atoms with Crippen LogP contribution in [0.4, 0.5) is 0 Å². The molecule has 3 rings (SSSR count). The quantitative estimate of drug-likeness (QED) is 0.810. The fraction of sp³-hybridized carbons (Fsp3) is 0.111. The summed E-state index contributed by atoms with van der Waals surface area (Å²) in [6.07, 6.45) is 0. The van der Waals surface area contributed by atoms with Crippen molar-refractivity contribution >= 4 is 29.1 Å². The number of thioether (sulfide) groups is 1. The molecule has 0 N–H and O–H groups in total. The molecule has 0 bridgehead atoms. The first-order valence-electron chi connectivity index (χ1n) is 7.11. The van der Waals surface area contributed by atoms with E-state index in [1.807, 2.05) is 67.6 Å². The standard InChI is InChI=1S/C18H15NO2S/c1-2-19-17(20)15(13-9-5-3-6-10-13)16(18(19)21)22-14-11-7-4-8-12-14/h3-12H,2H2,1H3. The van der Waals surface area contributed by atoms with Gasteiger partial charge in [0.25, 0.3) is 11.8 Å². The van der Waals surface area contributed by atoms with Crippen LogP contribution in [0, 0.1) is 0 Å². The molecule has 4 heteroatoms. The fourth-order valence-corrected chi connectivity index (χ4v) is 3.44. The van der Waals surface area contributed by atoms with E-state index in [4.69, 9.17) is 0 Å². The Kier molecular flexibility index (Phi) is 4.11. The molecule has 1 aliphatic rings. The molecule has 0 atom stereocenters. The highest BCUT2D eigenvalue weighted by Crippen LogP contribution is 2.39. The number of hydrogen-bond donors (Lipinski definition) is 0. The van der Waals surface area contributed by atoms with Crippen LogP contribution in [0.1, 0.15) is 12.5 Å². The first-order valence-corrected chi connectivity index (χ1v) is 7.92. The molecule has 0 fully saturated rings. The van der Waals surface area contributed by atoms with E-state index >= 15 is 0 Å². The lowest BCUT2D eigenvalue weighted by atomic mass is 10.1. The van der Waals surface area contributed by atoms with Crippen LogP contribution in [-0.4, -0.2) is 23.3 Å². The van der Waals surface area contributed by atoms with Crippen LogP contribution in [0.25, 0.3) is 5.57 Å². The van der Waals surface area contributed by atoms with Gasteiger partial charge in [-0.3, -0.25) is 14.5 Å². The smallest absolute Gasteiger partial charge is 0.268 e. The average molecular weight is 309 g/mol. The minimum Gasteiger partial charge on any atom is -0.274 e. The Bertz CT molecular complexity index is 738. The van der Waals surface area contributed by atoms with Gasteiger partial charge in [0.1, 0.15) is 0 Å². The lowest BCUT2D eigenvalue weighted by Gasteiger charge is -2.11. The third-order valence-corrected chi connectivity index (χ3v) is 4.56. The van der Waals surface area contributed by atoms with Crippen molar-refractivity contribution in [3.8, 4) is 0 Å². The SMILES string of the molecule is CCN1C(=O)C(Sc2ccccc2)=C(c2ccccc2)C1=O. The second-order valence-electron chi connectivity index (χ2n) is 4.84. The molecule has 0 radical (unpaired) electrons. The van der Waals surface area contributed by atoms with Crippen molar-refractivity contribution < 1.29 is 9.59 Å². The van der Waals surface area contributed by atoms with Gasteiger partial charge in [-0.2, -0.15) is 0 Å². The number of amides is 2. The fourth-order valence-electron chi connectivity index (χ4n) is 2.40. The van der Waals surface area contributed by atoms with E-state index < -0.39 is 0 Å². The first-order chi connectivity index (χ1) is 10.7. The largest absolute Gasteiger partial charge is 0.274 e. The summed E-state index contributed by atoms with van der Waals surface area (Å²) >= 11 is 1.35. The zero-order valence-corrected chi connectivity index (χ0v) is 13.0. The van der Waals surface area contributed by atoms with Crippen LogP contribution in [-0.2, 0) is 9.59 Å². The number of imide groups is 1. The number of carbonyl (C=O) groups excluding carboxylic acids is 2. The van der Waals surface area contributed by atoms with Crippen LogP contribution < -0.4 is 0 Å². The number of benzene rings is 2. The molecule has 2 amide bonds. The average Bonchev–Trinajstić information content (AvgIpc) is 2.79. The van der Waals surface area contributed by atoms with Gasteiger partial charge in [0.05, 0.1) is 10.5 Å². The molecule has 0 saturated heterocycles. The Labute approximate surface area is 133 Å². The van der Waals surface area contributed by atoms with Gasteiger partial charge in [-0.1, -0.05) is 60.3 Å². The van der Waals surface area contributed by atoms with E-state index in [0.29, 0.717) is 17.0 Å². The van der Waals surface area contributed by atoms with Gasteiger partial charge in [-0.25, -0.2) is 0 Å². The molecule has 0 spiro atoms. The molecule has 1 heterocycles. The van der Waals surface area contributed by atoms with Crippen LogP contribution in [0.3, 0.4) is 0 Å². The summed E-state index contributed by atoms with van der Waals surface area (Å²) in [5.41, 5.74) is 1.29. The topological polar surface area (TPSA) is 37.4 Å². The Balaban J connectivity index is 2.08. The van der Waals surface area contributed by atoms with Gasteiger partial charge in [0, 0.05) is 11.4 Å². The molecule has 2 aromatic rings. The predicted molar refractivity (Wildman–Crippen MR) is 88.1 cm³/mol. The van der Waals surface area contributed by atoms with Crippen LogP contribution in [0.15, 0.2) is 70.5 Å². The minimum atomic E-state index is -0.211. The second kappa shape index (κ2) is 6.20. The van der Waals surface area contributed by atoms with E-state index in [0.717, 1.165) is 10.5 Å². The highest BCUT2D eigenvalue weighted by atomic mass is 32.2. The molecule has 0 aromatic heterocycles. The summed E-state index contributed by atoms with van der Waals surface area (Å²) in [6.45, 7) is 2.20. The van der Waals surface area contributed by atoms with E-state index in [2.05, 4.69) is 0 Å². The molecule has 2 aromatic carbocycles. The van der Waals surface area contributed by atoms with Gasteiger partial charge in [-0.15, -0.1) is 0 Å². The van der Waals surface area contributed by atoms with E-state index in [9.17, 15) is 9.59 Å². The number of carbonyl (C=O) groups is 2. The van der Waals surface area contributed by atoms with Crippen molar-refractivity contribution in [3.05, 3.63) is 71.1 Å². The van der Waals surface area contributed by atoms with Crippen molar-refractivity contribution in [2.75, 3.05) is 6.54 Å². The first kappa shape index (κ1) is 14.6. The Morgan fingerprint density at radius 2 is 1.45 bits per heavy atom. The molecule has 1 aliphatic heterocycles.